The fourth-order valence-corrected chi connectivity index (χ4v) is 3.05. The van der Waals surface area contributed by atoms with Crippen LogP contribution < -0.4 is 19.5 Å². The van der Waals surface area contributed by atoms with Crippen LogP contribution in [0.2, 0.25) is 10.0 Å². The van der Waals surface area contributed by atoms with E-state index in [1.165, 1.54) is 12.3 Å². The van der Waals surface area contributed by atoms with Crippen molar-refractivity contribution in [3.63, 3.8) is 0 Å². The predicted octanol–water partition coefficient (Wildman–Crippen LogP) is 5.38. The zero-order valence-corrected chi connectivity index (χ0v) is 17.3. The van der Waals surface area contributed by atoms with Crippen molar-refractivity contribution in [2.24, 2.45) is 0 Å². The van der Waals surface area contributed by atoms with Crippen molar-refractivity contribution in [3.05, 3.63) is 70.3 Å². The molecule has 0 fully saturated rings. The summed E-state index contributed by atoms with van der Waals surface area (Å²) in [5.74, 6) is 1.58. The lowest BCUT2D eigenvalue weighted by molar-refractivity contribution is -0.115. The molecule has 0 radical (unpaired) electrons. The van der Waals surface area contributed by atoms with Crippen molar-refractivity contribution < 1.29 is 19.0 Å². The average Bonchev–Trinajstić information content (AvgIpc) is 2.71. The molecule has 8 heteroatoms. The molecule has 0 spiro atoms. The molecule has 0 saturated carbocycles. The second kappa shape index (κ2) is 9.49. The second-order valence-corrected chi connectivity index (χ2v) is 6.79. The van der Waals surface area contributed by atoms with Crippen LogP contribution in [0.3, 0.4) is 0 Å². The van der Waals surface area contributed by atoms with Gasteiger partial charge in [0.15, 0.2) is 5.75 Å². The number of benzene rings is 2. The van der Waals surface area contributed by atoms with E-state index >= 15 is 0 Å². The van der Waals surface area contributed by atoms with Gasteiger partial charge >= 0.3 is 0 Å². The van der Waals surface area contributed by atoms with E-state index in [-0.39, 0.29) is 23.2 Å². The molecule has 0 saturated heterocycles. The van der Waals surface area contributed by atoms with Crippen LogP contribution in [-0.4, -0.2) is 25.1 Å². The maximum absolute atomic E-state index is 12.6. The quantitative estimate of drug-likeness (QED) is 0.542. The molecule has 0 aliphatic carbocycles. The molecule has 0 aliphatic rings. The van der Waals surface area contributed by atoms with Crippen LogP contribution in [-0.2, 0) is 11.2 Å². The summed E-state index contributed by atoms with van der Waals surface area (Å²) in [5.41, 5.74) is 1.18. The first-order chi connectivity index (χ1) is 14.0. The molecule has 1 amide bonds. The number of ether oxygens (including phenoxy) is 3. The van der Waals surface area contributed by atoms with Gasteiger partial charge < -0.3 is 19.5 Å². The highest BCUT2D eigenvalue weighted by molar-refractivity contribution is 6.35. The normalized spacial score (nSPS) is 10.3. The van der Waals surface area contributed by atoms with E-state index in [2.05, 4.69) is 10.3 Å². The summed E-state index contributed by atoms with van der Waals surface area (Å²) in [6, 6.07) is 13.8. The molecule has 1 N–H and O–H groups in total. The number of carbonyl (C=O) groups excluding carboxylic acids is 1. The van der Waals surface area contributed by atoms with Gasteiger partial charge in [-0.1, -0.05) is 35.3 Å². The molecule has 2 aromatic carbocycles. The maximum Gasteiger partial charge on any atom is 0.238 e. The number of amides is 1. The first kappa shape index (κ1) is 20.8. The van der Waals surface area contributed by atoms with Crippen molar-refractivity contribution in [1.82, 2.24) is 4.98 Å². The Balaban J connectivity index is 1.78. The van der Waals surface area contributed by atoms with Gasteiger partial charge in [-0.2, -0.15) is 0 Å². The van der Waals surface area contributed by atoms with Gasteiger partial charge in [0.1, 0.15) is 16.5 Å². The van der Waals surface area contributed by atoms with Crippen LogP contribution >= 0.6 is 23.2 Å². The van der Waals surface area contributed by atoms with E-state index in [4.69, 9.17) is 37.4 Å². The Morgan fingerprint density at radius 2 is 1.83 bits per heavy atom. The van der Waals surface area contributed by atoms with Gasteiger partial charge in [0.05, 0.1) is 31.4 Å². The number of rotatable bonds is 7. The minimum atomic E-state index is -0.247. The van der Waals surface area contributed by atoms with E-state index in [1.54, 1.807) is 56.7 Å². The van der Waals surface area contributed by atoms with E-state index < -0.39 is 0 Å². The van der Waals surface area contributed by atoms with Gasteiger partial charge in [-0.25, -0.2) is 4.98 Å². The Morgan fingerprint density at radius 3 is 2.55 bits per heavy atom. The SMILES string of the molecule is COc1ccc(OC)c(CC(=O)Nc2ccccc2Oc2ncc(Cl)cc2Cl)c1. The third kappa shape index (κ3) is 5.31. The topological polar surface area (TPSA) is 69.7 Å². The highest BCUT2D eigenvalue weighted by atomic mass is 35.5. The molecule has 6 nitrogen and oxygen atoms in total. The Hall–Kier alpha value is -2.96. The third-order valence-corrected chi connectivity index (χ3v) is 4.46. The van der Waals surface area contributed by atoms with Crippen molar-refractivity contribution >= 4 is 34.8 Å². The van der Waals surface area contributed by atoms with Crippen LogP contribution in [0.15, 0.2) is 54.7 Å². The van der Waals surface area contributed by atoms with Crippen molar-refractivity contribution in [2.45, 2.75) is 6.42 Å². The number of nitrogens with zero attached hydrogens (tertiary/aromatic N) is 1. The molecule has 0 unspecified atom stereocenters. The standard InChI is InChI=1S/C21H18Cl2N2O4/c1-27-15-7-8-18(28-2)13(9-15)10-20(26)25-17-5-3-4-6-19(17)29-21-16(23)11-14(22)12-24-21/h3-9,11-12H,10H2,1-2H3,(H,25,26). The summed E-state index contributed by atoms with van der Waals surface area (Å²) in [6.07, 6.45) is 1.52. The Morgan fingerprint density at radius 1 is 1.03 bits per heavy atom. The Bertz CT molecular complexity index is 1030. The van der Waals surface area contributed by atoms with Gasteiger partial charge in [0, 0.05) is 11.8 Å². The third-order valence-electron chi connectivity index (χ3n) is 3.98. The van der Waals surface area contributed by atoms with Gasteiger partial charge in [0.25, 0.3) is 0 Å². The van der Waals surface area contributed by atoms with Gasteiger partial charge in [0.2, 0.25) is 11.8 Å². The van der Waals surface area contributed by atoms with Crippen LogP contribution in [0.25, 0.3) is 0 Å². The number of para-hydroxylation sites is 2. The molecule has 29 heavy (non-hydrogen) atoms. The molecule has 3 aromatic rings. The summed E-state index contributed by atoms with van der Waals surface area (Å²) in [4.78, 5) is 16.7. The number of anilines is 1. The minimum Gasteiger partial charge on any atom is -0.497 e. The van der Waals surface area contributed by atoms with Crippen molar-refractivity contribution in [2.75, 3.05) is 19.5 Å². The van der Waals surface area contributed by atoms with E-state index in [0.29, 0.717) is 33.5 Å². The monoisotopic (exact) mass is 432 g/mol. The molecule has 1 aromatic heterocycles. The minimum absolute atomic E-state index is 0.0919. The number of nitrogens with one attached hydrogen (secondary N) is 1. The number of hydrogen-bond acceptors (Lipinski definition) is 5. The van der Waals surface area contributed by atoms with Gasteiger partial charge in [-0.15, -0.1) is 0 Å². The lowest BCUT2D eigenvalue weighted by atomic mass is 10.1. The summed E-state index contributed by atoms with van der Waals surface area (Å²) < 4.78 is 16.3. The van der Waals surface area contributed by atoms with Crippen molar-refractivity contribution in [1.29, 1.82) is 0 Å². The molecule has 150 valence electrons. The van der Waals surface area contributed by atoms with Crippen LogP contribution in [0, 0.1) is 0 Å². The summed E-state index contributed by atoms with van der Waals surface area (Å²) in [6.45, 7) is 0. The highest BCUT2D eigenvalue weighted by Crippen LogP contribution is 2.33. The average molecular weight is 433 g/mol. The lowest BCUT2D eigenvalue weighted by Crippen LogP contribution is -2.15. The molecule has 3 rings (SSSR count). The lowest BCUT2D eigenvalue weighted by Gasteiger charge is -2.14. The fourth-order valence-electron chi connectivity index (χ4n) is 2.63. The number of pyridine rings is 1. The first-order valence-corrected chi connectivity index (χ1v) is 9.34. The van der Waals surface area contributed by atoms with Gasteiger partial charge in [-0.3, -0.25) is 4.79 Å². The summed E-state index contributed by atoms with van der Waals surface area (Å²) in [5, 5.41) is 3.50. The summed E-state index contributed by atoms with van der Waals surface area (Å²) >= 11 is 12.0. The smallest absolute Gasteiger partial charge is 0.238 e. The Labute approximate surface area is 178 Å². The Kier molecular flexibility index (Phi) is 6.80. The van der Waals surface area contributed by atoms with E-state index in [0.717, 1.165) is 0 Å². The predicted molar refractivity (Wildman–Crippen MR) is 113 cm³/mol. The largest absolute Gasteiger partial charge is 0.497 e. The van der Waals surface area contributed by atoms with Crippen LogP contribution in [0.5, 0.6) is 23.1 Å². The number of aromatic nitrogens is 1. The van der Waals surface area contributed by atoms with Crippen molar-refractivity contribution in [3.8, 4) is 23.1 Å². The van der Waals surface area contributed by atoms with E-state index in [9.17, 15) is 4.79 Å². The number of methoxy groups -OCH3 is 2. The zero-order valence-electron chi connectivity index (χ0n) is 15.7. The fraction of sp³-hybridized carbons (Fsp3) is 0.143. The molecule has 0 atom stereocenters. The van der Waals surface area contributed by atoms with E-state index in [1.807, 2.05) is 0 Å². The zero-order chi connectivity index (χ0) is 20.8. The van der Waals surface area contributed by atoms with Crippen LogP contribution in [0.4, 0.5) is 5.69 Å². The number of halogens is 2. The van der Waals surface area contributed by atoms with Crippen LogP contribution in [0.1, 0.15) is 5.56 Å². The number of hydrogen-bond donors (Lipinski definition) is 1. The molecule has 1 heterocycles. The maximum atomic E-state index is 12.6. The molecular weight excluding hydrogens is 415 g/mol. The van der Waals surface area contributed by atoms with Gasteiger partial charge in [-0.05, 0) is 36.4 Å². The second-order valence-electron chi connectivity index (χ2n) is 5.94. The first-order valence-electron chi connectivity index (χ1n) is 8.59. The molecule has 0 aliphatic heterocycles. The summed E-state index contributed by atoms with van der Waals surface area (Å²) in [7, 11) is 3.12. The molecule has 0 bridgehead atoms. The number of carbonyl (C=O) groups is 1. The molecular formula is C21H18Cl2N2O4. The highest BCUT2D eigenvalue weighted by Gasteiger charge is 2.14.